The first-order valence-electron chi connectivity index (χ1n) is 11.1. The Hall–Kier alpha value is -4.04. The van der Waals surface area contributed by atoms with Gasteiger partial charge in [-0.25, -0.2) is 19.8 Å². The summed E-state index contributed by atoms with van der Waals surface area (Å²) in [5.41, 5.74) is 9.45. The second-order valence-electron chi connectivity index (χ2n) is 8.34. The number of imidazole rings is 1. The molecule has 0 saturated carbocycles. The molecule has 3 amide bonds. The van der Waals surface area contributed by atoms with E-state index in [0.29, 0.717) is 16.3 Å². The number of carbonyl (C=O) groups is 2. The average molecular weight is 492 g/mol. The lowest BCUT2D eigenvalue weighted by Crippen LogP contribution is -2.49. The molecule has 0 atom stereocenters. The van der Waals surface area contributed by atoms with Gasteiger partial charge in [-0.1, -0.05) is 48.0 Å². The van der Waals surface area contributed by atoms with E-state index in [9.17, 15) is 9.59 Å². The zero-order chi connectivity index (χ0) is 25.1. The van der Waals surface area contributed by atoms with Crippen LogP contribution in [0, 0.1) is 0 Å². The number of halogens is 1. The number of hydrogen-bond donors (Lipinski definition) is 2. The number of hydrogen-bond acceptors (Lipinski definition) is 4. The summed E-state index contributed by atoms with van der Waals surface area (Å²) in [6, 6.07) is 19.3. The summed E-state index contributed by atoms with van der Waals surface area (Å²) in [6.07, 6.45) is -0.0553. The summed E-state index contributed by atoms with van der Waals surface area (Å²) >= 11 is 6.28. The number of hydrazine groups is 1. The number of carbonyl (C=O) groups excluding carboxylic acids is 2. The van der Waals surface area contributed by atoms with Crippen molar-refractivity contribution in [3.63, 3.8) is 0 Å². The van der Waals surface area contributed by atoms with Crippen LogP contribution >= 0.6 is 11.6 Å². The Kier molecular flexibility index (Phi) is 6.93. The number of nitrogens with zero attached hydrogens (tertiary/aromatic N) is 3. The van der Waals surface area contributed by atoms with E-state index in [1.165, 1.54) is 23.1 Å². The minimum atomic E-state index is -0.756. The molecule has 0 bridgehead atoms. The van der Waals surface area contributed by atoms with E-state index in [0.717, 1.165) is 28.0 Å². The molecule has 0 saturated heterocycles. The van der Waals surface area contributed by atoms with Gasteiger partial charge in [0.1, 0.15) is 11.6 Å². The van der Waals surface area contributed by atoms with E-state index < -0.39 is 11.9 Å². The van der Waals surface area contributed by atoms with Gasteiger partial charge in [0.2, 0.25) is 0 Å². The number of para-hydroxylation sites is 2. The number of ether oxygens (including phenoxy) is 1. The van der Waals surface area contributed by atoms with E-state index in [1.807, 2.05) is 62.4 Å². The second-order valence-corrected chi connectivity index (χ2v) is 8.74. The molecular formula is C26H26ClN5O3. The monoisotopic (exact) mass is 491 g/mol. The van der Waals surface area contributed by atoms with Gasteiger partial charge >= 0.3 is 6.03 Å². The molecule has 1 heterocycles. The predicted molar refractivity (Wildman–Crippen MR) is 136 cm³/mol. The third kappa shape index (κ3) is 5.38. The van der Waals surface area contributed by atoms with E-state index in [-0.39, 0.29) is 12.6 Å². The van der Waals surface area contributed by atoms with Gasteiger partial charge in [0, 0.05) is 18.2 Å². The molecular weight excluding hydrogens is 466 g/mol. The van der Waals surface area contributed by atoms with Crippen molar-refractivity contribution in [3.05, 3.63) is 82.9 Å². The molecule has 0 fully saturated rings. The van der Waals surface area contributed by atoms with Crippen LogP contribution in [0.15, 0.2) is 66.7 Å². The Morgan fingerprint density at radius 3 is 2.43 bits per heavy atom. The largest absolute Gasteiger partial charge is 0.489 e. The highest BCUT2D eigenvalue weighted by molar-refractivity contribution is 6.32. The Morgan fingerprint density at radius 2 is 1.80 bits per heavy atom. The van der Waals surface area contributed by atoms with Crippen LogP contribution in [-0.2, 0) is 6.54 Å². The Bertz CT molecular complexity index is 1330. The molecule has 0 radical (unpaired) electrons. The van der Waals surface area contributed by atoms with E-state index in [2.05, 4.69) is 9.97 Å². The summed E-state index contributed by atoms with van der Waals surface area (Å²) in [4.78, 5) is 33.2. The molecule has 3 N–H and O–H groups in total. The molecule has 1 aromatic heterocycles. The van der Waals surface area contributed by atoms with Crippen LogP contribution in [0.1, 0.15) is 29.8 Å². The summed E-state index contributed by atoms with van der Waals surface area (Å²) in [7, 11) is 1.49. The van der Waals surface area contributed by atoms with Gasteiger partial charge in [-0.3, -0.25) is 4.79 Å². The number of rotatable bonds is 6. The first kappa shape index (κ1) is 24.1. The van der Waals surface area contributed by atoms with Crippen LogP contribution in [0.3, 0.4) is 0 Å². The number of aromatic nitrogens is 2. The highest BCUT2D eigenvalue weighted by Gasteiger charge is 2.23. The molecule has 0 aliphatic rings. The molecule has 0 unspecified atom stereocenters. The third-order valence-electron chi connectivity index (χ3n) is 5.40. The predicted octanol–water partition coefficient (Wildman–Crippen LogP) is 5.24. The molecule has 4 rings (SSSR count). The van der Waals surface area contributed by atoms with Gasteiger partial charge in [0.05, 0.1) is 28.7 Å². The van der Waals surface area contributed by atoms with Crippen molar-refractivity contribution in [2.45, 2.75) is 26.5 Å². The van der Waals surface area contributed by atoms with Gasteiger partial charge < -0.3 is 15.5 Å². The Balaban J connectivity index is 1.50. The second kappa shape index (κ2) is 10.1. The number of fused-ring (bicyclic) bond motifs is 1. The highest BCUT2D eigenvalue weighted by Crippen LogP contribution is 2.27. The smallest absolute Gasteiger partial charge is 0.334 e. The summed E-state index contributed by atoms with van der Waals surface area (Å²) in [5, 5.41) is 2.67. The minimum absolute atomic E-state index is 0.0553. The lowest BCUT2D eigenvalue weighted by atomic mass is 10.1. The normalized spacial score (nSPS) is 11.0. The van der Waals surface area contributed by atoms with Gasteiger partial charge in [-0.15, -0.1) is 0 Å². The molecule has 35 heavy (non-hydrogen) atoms. The number of primary amides is 1. The van der Waals surface area contributed by atoms with Gasteiger partial charge in [0.15, 0.2) is 0 Å². The standard InChI is InChI=1S/C26H26ClN5O3/c1-16(2)35-23-13-12-19(14-20(23)27)25(33)31(3)32(26(28)34)15-17-8-10-18(11-9-17)24-29-21-6-4-5-7-22(21)30-24/h4-14,16H,15H2,1-3H3,(H2,28,34)(H,29,30). The van der Waals surface area contributed by atoms with Crippen LogP contribution in [-0.4, -0.2) is 45.1 Å². The van der Waals surface area contributed by atoms with Crippen molar-refractivity contribution in [1.82, 2.24) is 20.0 Å². The quantitative estimate of drug-likeness (QED) is 0.360. The van der Waals surface area contributed by atoms with Crippen LogP contribution in [0.4, 0.5) is 4.79 Å². The van der Waals surface area contributed by atoms with Gasteiger partial charge in [-0.2, -0.15) is 0 Å². The number of H-pyrrole nitrogens is 1. The number of nitrogens with one attached hydrogen (secondary N) is 1. The van der Waals surface area contributed by atoms with E-state index >= 15 is 0 Å². The number of benzene rings is 3. The summed E-state index contributed by atoms with van der Waals surface area (Å²) in [5.74, 6) is 0.802. The Labute approximate surface area is 208 Å². The number of nitrogens with two attached hydrogens (primary N) is 1. The zero-order valence-electron chi connectivity index (χ0n) is 19.7. The number of aromatic amines is 1. The molecule has 0 aliphatic carbocycles. The first-order valence-corrected chi connectivity index (χ1v) is 11.5. The van der Waals surface area contributed by atoms with Gasteiger partial charge in [0.25, 0.3) is 5.91 Å². The zero-order valence-corrected chi connectivity index (χ0v) is 20.4. The molecule has 0 aliphatic heterocycles. The van der Waals surface area contributed by atoms with Gasteiger partial charge in [-0.05, 0) is 49.7 Å². The van der Waals surface area contributed by atoms with Crippen molar-refractivity contribution in [3.8, 4) is 17.1 Å². The summed E-state index contributed by atoms with van der Waals surface area (Å²) in [6.45, 7) is 3.88. The van der Waals surface area contributed by atoms with E-state index in [4.69, 9.17) is 22.1 Å². The maximum atomic E-state index is 13.1. The fourth-order valence-electron chi connectivity index (χ4n) is 3.64. The highest BCUT2D eigenvalue weighted by atomic mass is 35.5. The summed E-state index contributed by atoms with van der Waals surface area (Å²) < 4.78 is 5.62. The SMILES string of the molecule is CC(C)Oc1ccc(C(=O)N(C)N(Cc2ccc(-c3nc4ccccc4[nH]3)cc2)C(N)=O)cc1Cl. The fraction of sp³-hybridized carbons (Fsp3) is 0.192. The topological polar surface area (TPSA) is 105 Å². The average Bonchev–Trinajstić information content (AvgIpc) is 3.27. The Morgan fingerprint density at radius 1 is 1.09 bits per heavy atom. The van der Waals surface area contributed by atoms with Crippen LogP contribution in [0.5, 0.6) is 5.75 Å². The van der Waals surface area contributed by atoms with Crippen LogP contribution in [0.2, 0.25) is 5.02 Å². The lowest BCUT2D eigenvalue weighted by molar-refractivity contribution is 0.0257. The fourth-order valence-corrected chi connectivity index (χ4v) is 3.87. The van der Waals surface area contributed by atoms with Crippen molar-refractivity contribution < 1.29 is 14.3 Å². The minimum Gasteiger partial charge on any atom is -0.489 e. The van der Waals surface area contributed by atoms with Crippen molar-refractivity contribution in [1.29, 1.82) is 0 Å². The molecule has 8 nitrogen and oxygen atoms in total. The van der Waals surface area contributed by atoms with E-state index in [1.54, 1.807) is 12.1 Å². The molecule has 3 aromatic carbocycles. The number of amides is 3. The molecule has 180 valence electrons. The first-order chi connectivity index (χ1) is 16.7. The van der Waals surface area contributed by atoms with Crippen molar-refractivity contribution in [2.75, 3.05) is 7.05 Å². The molecule has 0 spiro atoms. The maximum absolute atomic E-state index is 13.1. The lowest BCUT2D eigenvalue weighted by Gasteiger charge is -2.30. The number of urea groups is 1. The molecule has 9 heteroatoms. The third-order valence-corrected chi connectivity index (χ3v) is 5.70. The van der Waals surface area contributed by atoms with Crippen molar-refractivity contribution >= 4 is 34.6 Å². The van der Waals surface area contributed by atoms with Crippen LogP contribution in [0.25, 0.3) is 22.4 Å². The maximum Gasteiger partial charge on any atom is 0.334 e. The van der Waals surface area contributed by atoms with Crippen molar-refractivity contribution in [2.24, 2.45) is 5.73 Å². The molecule has 4 aromatic rings. The van der Waals surface area contributed by atoms with Crippen LogP contribution < -0.4 is 10.5 Å².